The van der Waals surface area contributed by atoms with Gasteiger partial charge in [-0.1, -0.05) is 13.3 Å². The van der Waals surface area contributed by atoms with Crippen LogP contribution in [0.5, 0.6) is 5.75 Å². The second-order valence-corrected chi connectivity index (χ2v) is 3.78. The van der Waals surface area contributed by atoms with Crippen molar-refractivity contribution in [1.29, 1.82) is 0 Å². The molecule has 18 heavy (non-hydrogen) atoms. The predicted molar refractivity (Wildman–Crippen MR) is 56.9 cm³/mol. The Balaban J connectivity index is 3.26. The van der Waals surface area contributed by atoms with Crippen LogP contribution in [0.15, 0.2) is 0 Å². The van der Waals surface area contributed by atoms with E-state index >= 15 is 0 Å². The Kier molecular flexibility index (Phi) is 4.95. The summed E-state index contributed by atoms with van der Waals surface area (Å²) in [6, 6.07) is 0. The Morgan fingerprint density at radius 3 is 2.00 bits per heavy atom. The molecule has 100 valence electrons. The molecule has 0 bridgehead atoms. The lowest BCUT2D eigenvalue weighted by Crippen LogP contribution is -2.10. The summed E-state index contributed by atoms with van der Waals surface area (Å²) in [6.45, 7) is 1.70. The highest BCUT2D eigenvalue weighted by atomic mass is 35.5. The predicted octanol–water partition coefficient (Wildman–Crippen LogP) is 3.80. The lowest BCUT2D eigenvalue weighted by molar-refractivity contribution is 0.107. The van der Waals surface area contributed by atoms with E-state index in [0.29, 0.717) is 12.8 Å². The fourth-order valence-corrected chi connectivity index (χ4v) is 1.40. The lowest BCUT2D eigenvalue weighted by atomic mass is 10.2. The summed E-state index contributed by atoms with van der Waals surface area (Å²) in [5.41, 5.74) is -1.46. The van der Waals surface area contributed by atoms with E-state index in [1.807, 2.05) is 0 Å². The van der Waals surface area contributed by atoms with Crippen LogP contribution in [0.2, 0.25) is 0 Å². The van der Waals surface area contributed by atoms with E-state index in [4.69, 9.17) is 11.6 Å². The van der Waals surface area contributed by atoms with Gasteiger partial charge in [-0.05, 0) is 18.0 Å². The van der Waals surface area contributed by atoms with E-state index in [2.05, 4.69) is 4.74 Å². The van der Waals surface area contributed by atoms with Crippen molar-refractivity contribution in [1.82, 2.24) is 0 Å². The summed E-state index contributed by atoms with van der Waals surface area (Å²) >= 11 is 4.84. The normalized spacial score (nSPS) is 10.6. The first-order valence-electron chi connectivity index (χ1n) is 5.10. The molecule has 2 nitrogen and oxygen atoms in total. The maximum Gasteiger partial charge on any atom is 0.258 e. The molecule has 0 aliphatic carbocycles. The molecule has 0 saturated carbocycles. The minimum atomic E-state index is -1.86. The van der Waals surface area contributed by atoms with Crippen molar-refractivity contribution in [2.75, 3.05) is 6.61 Å². The minimum Gasteiger partial charge on any atom is -0.487 e. The molecule has 0 amide bonds. The van der Waals surface area contributed by atoms with E-state index in [1.54, 1.807) is 6.92 Å². The summed E-state index contributed by atoms with van der Waals surface area (Å²) in [7, 11) is 0. The van der Waals surface area contributed by atoms with E-state index in [-0.39, 0.29) is 6.61 Å². The topological polar surface area (TPSA) is 26.3 Å². The van der Waals surface area contributed by atoms with E-state index in [9.17, 15) is 22.4 Å². The number of rotatable bonds is 5. The Hall–Kier alpha value is -1.30. The van der Waals surface area contributed by atoms with Crippen molar-refractivity contribution in [3.8, 4) is 5.75 Å². The van der Waals surface area contributed by atoms with Crippen molar-refractivity contribution >= 4 is 16.8 Å². The second-order valence-electron chi connectivity index (χ2n) is 3.44. The van der Waals surface area contributed by atoms with E-state index < -0.39 is 39.8 Å². The Bertz CT molecular complexity index is 448. The monoisotopic (exact) mass is 284 g/mol. The molecule has 0 saturated heterocycles. The zero-order valence-electron chi connectivity index (χ0n) is 9.33. The molecular formula is C11H9ClF4O2. The number of benzene rings is 1. The molecule has 0 unspecified atom stereocenters. The summed E-state index contributed by atoms with van der Waals surface area (Å²) in [6.07, 6.45) is 1.13. The van der Waals surface area contributed by atoms with Crippen molar-refractivity contribution in [2.24, 2.45) is 0 Å². The zero-order valence-corrected chi connectivity index (χ0v) is 10.1. The van der Waals surface area contributed by atoms with Crippen LogP contribution in [0.25, 0.3) is 0 Å². The molecule has 1 aromatic rings. The van der Waals surface area contributed by atoms with Crippen LogP contribution in [-0.2, 0) is 0 Å². The third-order valence-electron chi connectivity index (χ3n) is 2.16. The van der Waals surface area contributed by atoms with Gasteiger partial charge in [-0.3, -0.25) is 4.79 Å². The Labute approximate surface area is 105 Å². The molecule has 0 heterocycles. The molecule has 0 atom stereocenters. The van der Waals surface area contributed by atoms with E-state index in [0.717, 1.165) is 0 Å². The highest BCUT2D eigenvalue weighted by Crippen LogP contribution is 2.30. The molecule has 0 spiro atoms. The third-order valence-corrected chi connectivity index (χ3v) is 2.35. The van der Waals surface area contributed by atoms with Gasteiger partial charge in [0.05, 0.1) is 6.61 Å². The van der Waals surface area contributed by atoms with Gasteiger partial charge >= 0.3 is 0 Å². The van der Waals surface area contributed by atoms with Crippen molar-refractivity contribution in [2.45, 2.75) is 19.8 Å². The quantitative estimate of drug-likeness (QED) is 0.356. The number of unbranched alkanes of at least 4 members (excludes halogenated alkanes) is 1. The van der Waals surface area contributed by atoms with Gasteiger partial charge in [0, 0.05) is 0 Å². The molecule has 0 radical (unpaired) electrons. The van der Waals surface area contributed by atoms with Crippen molar-refractivity contribution < 1.29 is 27.1 Å². The van der Waals surface area contributed by atoms with Crippen LogP contribution in [-0.4, -0.2) is 11.8 Å². The van der Waals surface area contributed by atoms with Crippen LogP contribution in [0.4, 0.5) is 17.6 Å². The van der Waals surface area contributed by atoms with Gasteiger partial charge in [0.15, 0.2) is 17.4 Å². The van der Waals surface area contributed by atoms with Gasteiger partial charge in [-0.2, -0.15) is 8.78 Å². The molecule has 0 aliphatic rings. The Morgan fingerprint density at radius 2 is 1.61 bits per heavy atom. The van der Waals surface area contributed by atoms with Gasteiger partial charge < -0.3 is 4.74 Å². The average Bonchev–Trinajstić information content (AvgIpc) is 2.31. The average molecular weight is 285 g/mol. The first kappa shape index (κ1) is 14.8. The van der Waals surface area contributed by atoms with Crippen LogP contribution >= 0.6 is 11.6 Å². The highest BCUT2D eigenvalue weighted by Gasteiger charge is 2.29. The van der Waals surface area contributed by atoms with Crippen LogP contribution in [0, 0.1) is 23.3 Å². The maximum absolute atomic E-state index is 13.4. The number of halogens is 5. The smallest absolute Gasteiger partial charge is 0.258 e. The molecule has 0 aliphatic heterocycles. The fraction of sp³-hybridized carbons (Fsp3) is 0.364. The molecular weight excluding hydrogens is 276 g/mol. The molecule has 0 aromatic heterocycles. The number of hydrogen-bond donors (Lipinski definition) is 0. The Morgan fingerprint density at radius 1 is 1.11 bits per heavy atom. The maximum atomic E-state index is 13.4. The van der Waals surface area contributed by atoms with Crippen molar-refractivity contribution in [3.05, 3.63) is 28.8 Å². The van der Waals surface area contributed by atoms with Crippen LogP contribution < -0.4 is 4.74 Å². The minimum absolute atomic E-state index is 0.0998. The molecule has 1 rings (SSSR count). The summed E-state index contributed by atoms with van der Waals surface area (Å²) in [4.78, 5) is 10.7. The lowest BCUT2D eigenvalue weighted by Gasteiger charge is -2.10. The number of carbonyl (C=O) groups excluding carboxylic acids is 1. The van der Waals surface area contributed by atoms with Gasteiger partial charge in [-0.25, -0.2) is 8.78 Å². The molecule has 0 fully saturated rings. The molecule has 0 N–H and O–H groups in total. The number of hydrogen-bond acceptors (Lipinski definition) is 2. The van der Waals surface area contributed by atoms with Gasteiger partial charge in [0.1, 0.15) is 5.56 Å². The standard InChI is InChI=1S/C11H9ClF4O2/c1-2-3-4-18-10-8(15)6(13)5(11(12)17)7(14)9(10)16/h2-4H2,1H3. The van der Waals surface area contributed by atoms with Crippen LogP contribution in [0.1, 0.15) is 30.1 Å². The van der Waals surface area contributed by atoms with Crippen LogP contribution in [0.3, 0.4) is 0 Å². The zero-order chi connectivity index (χ0) is 13.9. The SMILES string of the molecule is CCCCOc1c(F)c(F)c(C(=O)Cl)c(F)c1F. The first-order chi connectivity index (χ1) is 8.41. The third kappa shape index (κ3) is 2.75. The fourth-order valence-electron chi connectivity index (χ4n) is 1.23. The summed E-state index contributed by atoms with van der Waals surface area (Å²) < 4.78 is 58.0. The van der Waals surface area contributed by atoms with Crippen molar-refractivity contribution in [3.63, 3.8) is 0 Å². The van der Waals surface area contributed by atoms with Gasteiger partial charge in [-0.15, -0.1) is 0 Å². The largest absolute Gasteiger partial charge is 0.487 e. The molecule has 7 heteroatoms. The van der Waals surface area contributed by atoms with E-state index in [1.165, 1.54) is 0 Å². The highest BCUT2D eigenvalue weighted by molar-refractivity contribution is 6.67. The summed E-state index contributed by atoms with van der Waals surface area (Å²) in [5.74, 6) is -8.44. The van der Waals surface area contributed by atoms with Gasteiger partial charge in [0.2, 0.25) is 11.6 Å². The summed E-state index contributed by atoms with van der Waals surface area (Å²) in [5, 5.41) is -1.62. The first-order valence-corrected chi connectivity index (χ1v) is 5.48. The number of carbonyl (C=O) groups is 1. The van der Waals surface area contributed by atoms with Gasteiger partial charge in [0.25, 0.3) is 5.24 Å². The second kappa shape index (κ2) is 6.04. The molecule has 1 aromatic carbocycles. The number of ether oxygens (including phenoxy) is 1.